The predicted octanol–water partition coefficient (Wildman–Crippen LogP) is 2.46. The molecule has 0 bridgehead atoms. The Bertz CT molecular complexity index is 1320. The third-order valence-corrected chi connectivity index (χ3v) is 4.55. The van der Waals surface area contributed by atoms with Gasteiger partial charge in [0.2, 0.25) is 11.7 Å². The van der Waals surface area contributed by atoms with E-state index in [2.05, 4.69) is 16.7 Å². The number of para-hydroxylation sites is 2. The van der Waals surface area contributed by atoms with Crippen molar-refractivity contribution in [1.82, 2.24) is 19.3 Å². The monoisotopic (exact) mass is 390 g/mol. The molecule has 4 aromatic rings. The summed E-state index contributed by atoms with van der Waals surface area (Å²) >= 11 is 0. The smallest absolute Gasteiger partial charge is 0.332 e. The molecule has 0 radical (unpaired) electrons. The Balaban J connectivity index is 1.82. The molecule has 0 spiro atoms. The Morgan fingerprint density at radius 2 is 1.86 bits per heavy atom. The average Bonchev–Trinajstić information content (AvgIpc) is 3.22. The maximum absolute atomic E-state index is 12.9. The number of methoxy groups -OCH3 is 1. The van der Waals surface area contributed by atoms with Crippen molar-refractivity contribution in [3.8, 4) is 17.1 Å². The van der Waals surface area contributed by atoms with Crippen LogP contribution >= 0.6 is 0 Å². The summed E-state index contributed by atoms with van der Waals surface area (Å²) in [6.45, 7) is 3.76. The van der Waals surface area contributed by atoms with E-state index in [1.54, 1.807) is 37.4 Å². The Labute approximate surface area is 165 Å². The number of hydrogen-bond donors (Lipinski definition) is 0. The van der Waals surface area contributed by atoms with Crippen LogP contribution in [0.4, 0.5) is 0 Å². The molecule has 0 fully saturated rings. The highest BCUT2D eigenvalue weighted by molar-refractivity contribution is 5.77. The Morgan fingerprint density at radius 1 is 1.10 bits per heavy atom. The second-order valence-corrected chi connectivity index (χ2v) is 6.30. The van der Waals surface area contributed by atoms with Crippen LogP contribution < -0.4 is 16.0 Å². The van der Waals surface area contributed by atoms with Gasteiger partial charge in [-0.1, -0.05) is 35.5 Å². The molecular weight excluding hydrogens is 372 g/mol. The van der Waals surface area contributed by atoms with Crippen LogP contribution in [-0.4, -0.2) is 26.4 Å². The van der Waals surface area contributed by atoms with Gasteiger partial charge in [-0.25, -0.2) is 4.79 Å². The fraction of sp³-hybridized carbons (Fsp3) is 0.143. The van der Waals surface area contributed by atoms with Crippen LogP contribution in [0.25, 0.3) is 22.3 Å². The van der Waals surface area contributed by atoms with E-state index < -0.39 is 5.69 Å². The topological polar surface area (TPSA) is 92.2 Å². The fourth-order valence-electron chi connectivity index (χ4n) is 3.21. The lowest BCUT2D eigenvalue weighted by Crippen LogP contribution is -2.40. The molecule has 29 heavy (non-hydrogen) atoms. The predicted molar refractivity (Wildman–Crippen MR) is 108 cm³/mol. The highest BCUT2D eigenvalue weighted by atomic mass is 16.5. The van der Waals surface area contributed by atoms with Gasteiger partial charge in [0.05, 0.1) is 23.6 Å². The van der Waals surface area contributed by atoms with Crippen LogP contribution in [0.1, 0.15) is 5.89 Å². The van der Waals surface area contributed by atoms with Gasteiger partial charge in [0.1, 0.15) is 12.3 Å². The van der Waals surface area contributed by atoms with Crippen LogP contribution in [0.15, 0.2) is 75.3 Å². The van der Waals surface area contributed by atoms with E-state index in [0.717, 1.165) is 4.57 Å². The minimum Gasteiger partial charge on any atom is -0.496 e. The van der Waals surface area contributed by atoms with E-state index in [0.29, 0.717) is 28.0 Å². The standard InChI is InChI=1S/C21H18N4O4/c1-3-12-24-20(26)14-8-4-6-10-16(14)25(21(24)27)13-18-22-19(23-29-18)15-9-5-7-11-17(15)28-2/h3-11H,1,12-13H2,2H3. The van der Waals surface area contributed by atoms with Crippen LogP contribution in [0.3, 0.4) is 0 Å². The maximum Gasteiger partial charge on any atom is 0.332 e. The van der Waals surface area contributed by atoms with Crippen molar-refractivity contribution in [1.29, 1.82) is 0 Å². The van der Waals surface area contributed by atoms with Crippen molar-refractivity contribution < 1.29 is 9.26 Å². The molecule has 0 N–H and O–H groups in total. The molecule has 4 rings (SSSR count). The van der Waals surface area contributed by atoms with Gasteiger partial charge < -0.3 is 9.26 Å². The maximum atomic E-state index is 12.9. The largest absolute Gasteiger partial charge is 0.496 e. The highest BCUT2D eigenvalue weighted by Gasteiger charge is 2.17. The summed E-state index contributed by atoms with van der Waals surface area (Å²) in [4.78, 5) is 30.0. The number of allylic oxidation sites excluding steroid dienone is 1. The van der Waals surface area contributed by atoms with Crippen LogP contribution in [-0.2, 0) is 13.1 Å². The van der Waals surface area contributed by atoms with Gasteiger partial charge in [-0.2, -0.15) is 4.98 Å². The van der Waals surface area contributed by atoms with Crippen molar-refractivity contribution in [2.24, 2.45) is 0 Å². The summed E-state index contributed by atoms with van der Waals surface area (Å²) in [5.74, 6) is 1.21. The third-order valence-electron chi connectivity index (χ3n) is 4.55. The third kappa shape index (κ3) is 3.25. The molecule has 146 valence electrons. The number of nitrogens with zero attached hydrogens (tertiary/aromatic N) is 4. The first-order valence-corrected chi connectivity index (χ1v) is 8.93. The van der Waals surface area contributed by atoms with Crippen molar-refractivity contribution in [3.05, 3.63) is 87.9 Å². The van der Waals surface area contributed by atoms with Gasteiger partial charge in [-0.15, -0.1) is 6.58 Å². The normalized spacial score (nSPS) is 10.9. The molecule has 8 nitrogen and oxygen atoms in total. The number of rotatable bonds is 6. The van der Waals surface area contributed by atoms with Crippen LogP contribution in [0.5, 0.6) is 5.75 Å². The number of benzene rings is 2. The minimum atomic E-state index is -0.467. The van der Waals surface area contributed by atoms with Crippen molar-refractivity contribution in [2.75, 3.05) is 7.11 Å². The molecule has 0 atom stereocenters. The lowest BCUT2D eigenvalue weighted by molar-refractivity contribution is 0.369. The minimum absolute atomic E-state index is 0.0267. The molecule has 0 aliphatic carbocycles. The molecule has 2 heterocycles. The van der Waals surface area contributed by atoms with Crippen molar-refractivity contribution in [3.63, 3.8) is 0 Å². The molecule has 2 aromatic heterocycles. The highest BCUT2D eigenvalue weighted by Crippen LogP contribution is 2.27. The van der Waals surface area contributed by atoms with E-state index >= 15 is 0 Å². The molecule has 0 aliphatic rings. The summed E-state index contributed by atoms with van der Waals surface area (Å²) < 4.78 is 13.3. The molecule has 0 unspecified atom stereocenters. The zero-order valence-electron chi connectivity index (χ0n) is 15.7. The summed E-state index contributed by atoms with van der Waals surface area (Å²) in [6, 6.07) is 14.2. The quantitative estimate of drug-likeness (QED) is 0.470. The zero-order valence-corrected chi connectivity index (χ0v) is 15.7. The van der Waals surface area contributed by atoms with E-state index in [-0.39, 0.29) is 24.5 Å². The van der Waals surface area contributed by atoms with E-state index in [4.69, 9.17) is 9.26 Å². The first-order valence-electron chi connectivity index (χ1n) is 8.93. The number of fused-ring (bicyclic) bond motifs is 1. The van der Waals surface area contributed by atoms with Crippen LogP contribution in [0.2, 0.25) is 0 Å². The van der Waals surface area contributed by atoms with Gasteiger partial charge in [0.25, 0.3) is 5.56 Å². The SMILES string of the molecule is C=CCn1c(=O)c2ccccc2n(Cc2nc(-c3ccccc3OC)no2)c1=O. The van der Waals surface area contributed by atoms with Gasteiger partial charge in [-0.05, 0) is 24.3 Å². The van der Waals surface area contributed by atoms with Gasteiger partial charge in [-0.3, -0.25) is 13.9 Å². The molecule has 8 heteroatoms. The number of aromatic nitrogens is 4. The second kappa shape index (κ2) is 7.59. The number of hydrogen-bond acceptors (Lipinski definition) is 6. The van der Waals surface area contributed by atoms with Crippen molar-refractivity contribution >= 4 is 10.9 Å². The number of ether oxygens (including phenoxy) is 1. The van der Waals surface area contributed by atoms with Gasteiger partial charge in [0.15, 0.2) is 0 Å². The van der Waals surface area contributed by atoms with Crippen LogP contribution in [0, 0.1) is 0 Å². The summed E-state index contributed by atoms with van der Waals surface area (Å²) in [5, 5.41) is 4.44. The van der Waals surface area contributed by atoms with E-state index in [1.807, 2.05) is 18.2 Å². The van der Waals surface area contributed by atoms with Crippen molar-refractivity contribution in [2.45, 2.75) is 13.1 Å². The second-order valence-electron chi connectivity index (χ2n) is 6.30. The summed E-state index contributed by atoms with van der Waals surface area (Å²) in [7, 11) is 1.56. The van der Waals surface area contributed by atoms with E-state index in [9.17, 15) is 9.59 Å². The Kier molecular flexibility index (Phi) is 4.82. The summed E-state index contributed by atoms with van der Waals surface area (Å²) in [6.07, 6.45) is 1.51. The molecular formula is C21H18N4O4. The lowest BCUT2D eigenvalue weighted by Gasteiger charge is -2.11. The average molecular weight is 390 g/mol. The van der Waals surface area contributed by atoms with E-state index in [1.165, 1.54) is 10.6 Å². The zero-order chi connectivity index (χ0) is 20.4. The molecule has 0 amide bonds. The molecule has 0 saturated carbocycles. The first-order chi connectivity index (χ1) is 14.1. The van der Waals surface area contributed by atoms with Gasteiger partial charge in [0, 0.05) is 6.54 Å². The molecule has 0 aliphatic heterocycles. The summed E-state index contributed by atoms with van der Waals surface area (Å²) in [5.41, 5.74) is 0.353. The van der Waals surface area contributed by atoms with Gasteiger partial charge >= 0.3 is 5.69 Å². The lowest BCUT2D eigenvalue weighted by atomic mass is 10.2. The Hall–Kier alpha value is -3.94. The first kappa shape index (κ1) is 18.4. The fourth-order valence-corrected chi connectivity index (χ4v) is 3.21. The Morgan fingerprint density at radius 3 is 2.66 bits per heavy atom. The molecule has 2 aromatic carbocycles. The molecule has 0 saturated heterocycles.